The lowest BCUT2D eigenvalue weighted by molar-refractivity contribution is -0.142. The van der Waals surface area contributed by atoms with Crippen LogP contribution in [0.4, 0.5) is 0 Å². The number of carbonyl (C=O) groups excluding carboxylic acids is 3. The molecule has 13 heteroatoms. The number of carboxylic acids is 1. The van der Waals surface area contributed by atoms with E-state index in [9.17, 15) is 24.3 Å². The first kappa shape index (κ1) is 25.7. The molecule has 180 valence electrons. The van der Waals surface area contributed by atoms with Gasteiger partial charge in [0.25, 0.3) is 0 Å². The second-order valence-corrected chi connectivity index (χ2v) is 8.30. The minimum atomic E-state index is -1.23. The number of amides is 3. The van der Waals surface area contributed by atoms with Crippen molar-refractivity contribution in [2.24, 2.45) is 16.5 Å². The monoisotopic (exact) mass is 471 g/mol. The molecule has 2 rings (SSSR count). The molecule has 2 aliphatic heterocycles. The van der Waals surface area contributed by atoms with Gasteiger partial charge < -0.3 is 37.4 Å². The van der Waals surface area contributed by atoms with Crippen molar-refractivity contribution in [3.8, 4) is 0 Å². The first-order valence-electron chi connectivity index (χ1n) is 10.8. The number of likely N-dealkylation sites (tertiary alicyclic amines) is 1. The molecule has 0 spiro atoms. The van der Waals surface area contributed by atoms with E-state index in [1.54, 1.807) is 4.90 Å². The van der Waals surface area contributed by atoms with Gasteiger partial charge in [-0.05, 0) is 45.1 Å². The average Bonchev–Trinajstić information content (AvgIpc) is 3.45. The maximum atomic E-state index is 13.0. The molecule has 32 heavy (non-hydrogen) atoms. The van der Waals surface area contributed by atoms with Crippen LogP contribution in [0.2, 0.25) is 0 Å². The Bertz CT molecular complexity index is 725. The van der Waals surface area contributed by atoms with Crippen molar-refractivity contribution < 1.29 is 24.3 Å². The van der Waals surface area contributed by atoms with E-state index in [0.717, 1.165) is 19.4 Å². The van der Waals surface area contributed by atoms with E-state index in [1.807, 2.05) is 0 Å². The fourth-order valence-electron chi connectivity index (χ4n) is 3.90. The minimum Gasteiger partial charge on any atom is -0.480 e. The second-order valence-electron chi connectivity index (χ2n) is 7.93. The van der Waals surface area contributed by atoms with Crippen molar-refractivity contribution in [3.05, 3.63) is 0 Å². The first-order chi connectivity index (χ1) is 15.2. The Morgan fingerprint density at radius 1 is 1.16 bits per heavy atom. The third-order valence-electron chi connectivity index (χ3n) is 5.57. The topological polar surface area (TPSA) is 192 Å². The Kier molecular flexibility index (Phi) is 10.0. The molecule has 2 heterocycles. The van der Waals surface area contributed by atoms with Gasteiger partial charge >= 0.3 is 5.97 Å². The summed E-state index contributed by atoms with van der Waals surface area (Å²) >= 11 is 3.95. The average molecular weight is 472 g/mol. The fraction of sp³-hybridized carbons (Fsp3) is 0.737. The van der Waals surface area contributed by atoms with Gasteiger partial charge in [-0.2, -0.15) is 12.6 Å². The predicted molar refractivity (Wildman–Crippen MR) is 121 cm³/mol. The molecule has 0 aromatic heterocycles. The second kappa shape index (κ2) is 12.5. The molecule has 0 radical (unpaired) electrons. The lowest BCUT2D eigenvalue weighted by Gasteiger charge is -2.28. The van der Waals surface area contributed by atoms with E-state index >= 15 is 0 Å². The van der Waals surface area contributed by atoms with Crippen LogP contribution in [0.25, 0.3) is 0 Å². The highest BCUT2D eigenvalue weighted by atomic mass is 32.1. The number of hydrogen-bond acceptors (Lipinski definition) is 7. The zero-order valence-electron chi connectivity index (χ0n) is 18.0. The van der Waals surface area contributed by atoms with E-state index in [-0.39, 0.29) is 36.6 Å². The highest BCUT2D eigenvalue weighted by Gasteiger charge is 2.39. The van der Waals surface area contributed by atoms with E-state index in [2.05, 4.69) is 33.6 Å². The maximum Gasteiger partial charge on any atom is 0.327 e. The number of thiol groups is 1. The van der Waals surface area contributed by atoms with E-state index < -0.39 is 35.9 Å². The van der Waals surface area contributed by atoms with Crippen molar-refractivity contribution in [3.63, 3.8) is 0 Å². The van der Waals surface area contributed by atoms with Gasteiger partial charge in [0.2, 0.25) is 17.7 Å². The van der Waals surface area contributed by atoms with Gasteiger partial charge in [-0.1, -0.05) is 0 Å². The lowest BCUT2D eigenvalue weighted by Crippen LogP contribution is -2.56. The molecule has 0 aliphatic carbocycles. The summed E-state index contributed by atoms with van der Waals surface area (Å²) in [7, 11) is 0. The van der Waals surface area contributed by atoms with Crippen molar-refractivity contribution in [2.75, 3.05) is 25.4 Å². The molecule has 12 nitrogen and oxygen atoms in total. The number of aliphatic carboxylic acids is 1. The molecule has 4 unspecified atom stereocenters. The van der Waals surface area contributed by atoms with Crippen LogP contribution < -0.4 is 27.4 Å². The molecule has 2 saturated heterocycles. The zero-order chi connectivity index (χ0) is 23.7. The predicted octanol–water partition coefficient (Wildman–Crippen LogP) is -2.23. The standard InChI is InChI=1S/C19H33N7O5S/c20-19(21)23-8-1-4-11(15(27)25-13(10-32)18(30)31)24-16(28)14-6-3-9-26(14)17(29)12-5-2-7-22-12/h11-14,22,32H,1-10H2,(H,24,28)(H,25,27)(H,30,31)(H4,20,21,23). The lowest BCUT2D eigenvalue weighted by atomic mass is 10.1. The number of aliphatic imine (C=N–C) groups is 1. The number of nitrogens with two attached hydrogens (primary N) is 2. The first-order valence-corrected chi connectivity index (χ1v) is 11.4. The summed E-state index contributed by atoms with van der Waals surface area (Å²) in [5.74, 6) is -2.59. The van der Waals surface area contributed by atoms with Crippen LogP contribution in [0, 0.1) is 0 Å². The summed E-state index contributed by atoms with van der Waals surface area (Å²) in [6.45, 7) is 1.50. The quantitative estimate of drug-likeness (QED) is 0.0761. The number of nitrogens with zero attached hydrogens (tertiary/aromatic N) is 2. The molecule has 4 atom stereocenters. The Hall–Kier alpha value is -2.54. The van der Waals surface area contributed by atoms with Crippen LogP contribution in [0.5, 0.6) is 0 Å². The van der Waals surface area contributed by atoms with Gasteiger partial charge in [-0.25, -0.2) is 4.79 Å². The van der Waals surface area contributed by atoms with Gasteiger partial charge in [0.1, 0.15) is 18.1 Å². The SMILES string of the molecule is NC(N)=NCCCC(NC(=O)C1CCCN1C(=O)C1CCCN1)C(=O)NC(CS)C(=O)O. The summed E-state index contributed by atoms with van der Waals surface area (Å²) in [6, 6.07) is -3.15. The molecule has 0 saturated carbocycles. The third-order valence-corrected chi connectivity index (χ3v) is 5.94. The molecular weight excluding hydrogens is 438 g/mol. The number of hydrogen-bond donors (Lipinski definition) is 7. The molecule has 0 aromatic carbocycles. The number of carboxylic acid groups (broad SMARTS) is 1. The van der Waals surface area contributed by atoms with Crippen molar-refractivity contribution in [1.82, 2.24) is 20.9 Å². The van der Waals surface area contributed by atoms with Gasteiger partial charge in [0, 0.05) is 18.8 Å². The summed E-state index contributed by atoms with van der Waals surface area (Å²) in [4.78, 5) is 55.2. The number of carbonyl (C=O) groups is 4. The molecule has 0 aromatic rings. The van der Waals surface area contributed by atoms with Crippen LogP contribution in [0.3, 0.4) is 0 Å². The molecule has 3 amide bonds. The van der Waals surface area contributed by atoms with Crippen molar-refractivity contribution >= 4 is 42.3 Å². The van der Waals surface area contributed by atoms with Crippen molar-refractivity contribution in [1.29, 1.82) is 0 Å². The zero-order valence-corrected chi connectivity index (χ0v) is 18.9. The Morgan fingerprint density at radius 3 is 2.50 bits per heavy atom. The fourth-order valence-corrected chi connectivity index (χ4v) is 4.14. The van der Waals surface area contributed by atoms with Crippen LogP contribution >= 0.6 is 12.6 Å². The number of nitrogens with one attached hydrogen (secondary N) is 3. The summed E-state index contributed by atoms with van der Waals surface area (Å²) in [5.41, 5.74) is 10.6. The highest BCUT2D eigenvalue weighted by molar-refractivity contribution is 7.80. The van der Waals surface area contributed by atoms with Crippen molar-refractivity contribution in [2.45, 2.75) is 62.7 Å². The van der Waals surface area contributed by atoms with E-state index in [4.69, 9.17) is 11.5 Å². The van der Waals surface area contributed by atoms with Crippen LogP contribution in [0.15, 0.2) is 4.99 Å². The summed E-state index contributed by atoms with van der Waals surface area (Å²) < 4.78 is 0. The van der Waals surface area contributed by atoms with Gasteiger partial charge in [0.15, 0.2) is 5.96 Å². The summed E-state index contributed by atoms with van der Waals surface area (Å²) in [5, 5.41) is 17.4. The molecule has 0 bridgehead atoms. The Labute approximate surface area is 192 Å². The van der Waals surface area contributed by atoms with Crippen LogP contribution in [-0.2, 0) is 19.2 Å². The summed E-state index contributed by atoms with van der Waals surface area (Å²) in [6.07, 6.45) is 3.42. The largest absolute Gasteiger partial charge is 0.480 e. The Balaban J connectivity index is 2.05. The normalized spacial score (nSPS) is 22.1. The number of rotatable bonds is 11. The maximum absolute atomic E-state index is 13.0. The highest BCUT2D eigenvalue weighted by Crippen LogP contribution is 2.21. The van der Waals surface area contributed by atoms with Crippen LogP contribution in [-0.4, -0.2) is 89.2 Å². The van der Waals surface area contributed by atoms with E-state index in [0.29, 0.717) is 25.8 Å². The van der Waals surface area contributed by atoms with E-state index in [1.165, 1.54) is 0 Å². The Morgan fingerprint density at radius 2 is 1.91 bits per heavy atom. The van der Waals surface area contributed by atoms with Gasteiger partial charge in [-0.15, -0.1) is 0 Å². The van der Waals surface area contributed by atoms with Gasteiger partial charge in [-0.3, -0.25) is 19.4 Å². The third kappa shape index (κ3) is 7.26. The molecule has 2 fully saturated rings. The van der Waals surface area contributed by atoms with Crippen LogP contribution in [0.1, 0.15) is 38.5 Å². The molecule has 8 N–H and O–H groups in total. The smallest absolute Gasteiger partial charge is 0.327 e. The number of guanidine groups is 1. The molecule has 2 aliphatic rings. The van der Waals surface area contributed by atoms with Gasteiger partial charge in [0.05, 0.1) is 6.04 Å². The minimum absolute atomic E-state index is 0.0864. The molecular formula is C19H33N7O5S.